The molecule has 2 aromatic rings. The summed E-state index contributed by atoms with van der Waals surface area (Å²) in [6, 6.07) is 9.91. The number of carbonyl (C=O) groups excluding carboxylic acids is 1. The van der Waals surface area contributed by atoms with E-state index in [-0.39, 0.29) is 17.5 Å². The topological polar surface area (TPSA) is 60.1 Å². The van der Waals surface area contributed by atoms with Gasteiger partial charge in [0.1, 0.15) is 5.82 Å². The Balaban J connectivity index is 1.72. The molecule has 27 heavy (non-hydrogen) atoms. The summed E-state index contributed by atoms with van der Waals surface area (Å²) in [6.07, 6.45) is 4.73. The molecule has 0 saturated carbocycles. The predicted octanol–water partition coefficient (Wildman–Crippen LogP) is 2.79. The van der Waals surface area contributed by atoms with Gasteiger partial charge in [0.05, 0.1) is 6.54 Å². The molecule has 2 heterocycles. The van der Waals surface area contributed by atoms with Crippen molar-refractivity contribution in [1.29, 1.82) is 0 Å². The van der Waals surface area contributed by atoms with E-state index >= 15 is 0 Å². The van der Waals surface area contributed by atoms with Gasteiger partial charge in [-0.15, -0.1) is 6.58 Å². The molecule has 1 aliphatic heterocycles. The molecule has 0 spiro atoms. The monoisotopic (exact) mass is 368 g/mol. The maximum absolute atomic E-state index is 12.7. The Morgan fingerprint density at radius 1 is 1.26 bits per heavy atom. The summed E-state index contributed by atoms with van der Waals surface area (Å²) < 4.78 is 3.35. The second kappa shape index (κ2) is 8.84. The van der Waals surface area contributed by atoms with Crippen molar-refractivity contribution in [2.24, 2.45) is 0 Å². The molecule has 1 aromatic carbocycles. The molecule has 0 N–H and O–H groups in total. The van der Waals surface area contributed by atoms with E-state index in [0.29, 0.717) is 19.5 Å². The van der Waals surface area contributed by atoms with Gasteiger partial charge in [0.25, 0.3) is 0 Å². The fourth-order valence-corrected chi connectivity index (χ4v) is 3.69. The first-order chi connectivity index (χ1) is 13.1. The van der Waals surface area contributed by atoms with Crippen LogP contribution < -0.4 is 5.69 Å². The molecule has 1 saturated heterocycles. The number of hydrogen-bond donors (Lipinski definition) is 0. The summed E-state index contributed by atoms with van der Waals surface area (Å²) in [5.74, 6) is 1.27. The van der Waals surface area contributed by atoms with Gasteiger partial charge >= 0.3 is 5.69 Å². The van der Waals surface area contributed by atoms with E-state index in [9.17, 15) is 9.59 Å². The summed E-state index contributed by atoms with van der Waals surface area (Å²) in [5, 5.41) is 4.67. The third-order valence-electron chi connectivity index (χ3n) is 5.22. The Bertz CT molecular complexity index is 830. The van der Waals surface area contributed by atoms with Gasteiger partial charge in [0.15, 0.2) is 0 Å². The van der Waals surface area contributed by atoms with Gasteiger partial charge in [-0.2, -0.15) is 5.10 Å². The smallest absolute Gasteiger partial charge is 0.343 e. The normalized spacial score (nSPS) is 15.1. The van der Waals surface area contributed by atoms with Gasteiger partial charge in [0.2, 0.25) is 5.91 Å². The fourth-order valence-electron chi connectivity index (χ4n) is 3.69. The van der Waals surface area contributed by atoms with Crippen LogP contribution in [-0.2, 0) is 17.9 Å². The van der Waals surface area contributed by atoms with Crippen molar-refractivity contribution in [3.8, 4) is 0 Å². The van der Waals surface area contributed by atoms with E-state index in [1.807, 2.05) is 42.2 Å². The van der Waals surface area contributed by atoms with Crippen LogP contribution in [-0.4, -0.2) is 38.2 Å². The number of allylic oxidation sites excluding steroid dienone is 1. The molecule has 0 unspecified atom stereocenters. The highest BCUT2D eigenvalue weighted by Gasteiger charge is 2.28. The molecule has 0 aliphatic carbocycles. The number of amides is 1. The largest absolute Gasteiger partial charge is 0.346 e. The van der Waals surface area contributed by atoms with Crippen LogP contribution in [0.5, 0.6) is 0 Å². The first-order valence-corrected chi connectivity index (χ1v) is 9.74. The van der Waals surface area contributed by atoms with Gasteiger partial charge < -0.3 is 4.90 Å². The van der Waals surface area contributed by atoms with Crippen LogP contribution in [0.4, 0.5) is 0 Å². The molecule has 6 heteroatoms. The van der Waals surface area contributed by atoms with E-state index in [4.69, 9.17) is 0 Å². The molecule has 1 aliphatic rings. The molecular formula is C21H28N4O2. The lowest BCUT2D eigenvalue weighted by Crippen LogP contribution is -2.38. The first-order valence-electron chi connectivity index (χ1n) is 9.74. The molecule has 144 valence electrons. The minimum absolute atomic E-state index is 0.0548. The number of aromatic nitrogens is 3. The number of likely N-dealkylation sites (tertiary alicyclic amines) is 1. The highest BCUT2D eigenvalue weighted by molar-refractivity contribution is 5.76. The third-order valence-corrected chi connectivity index (χ3v) is 5.22. The molecule has 0 atom stereocenters. The minimum Gasteiger partial charge on any atom is -0.343 e. The standard InChI is InChI=1S/C21H28N4O2/c1-3-5-11-19(26)23-14-12-18(13-15-23)20-22-25(21(27)24(20)4-2)16-17-9-7-6-8-10-17/h3,6-10,18H,1,4-5,11-16H2,2H3. The first kappa shape index (κ1) is 19.1. The molecule has 0 radical (unpaired) electrons. The lowest BCUT2D eigenvalue weighted by atomic mass is 9.95. The Kier molecular flexibility index (Phi) is 6.27. The van der Waals surface area contributed by atoms with Crippen molar-refractivity contribution in [3.63, 3.8) is 0 Å². The van der Waals surface area contributed by atoms with E-state index in [1.54, 1.807) is 15.3 Å². The molecule has 6 nitrogen and oxygen atoms in total. The minimum atomic E-state index is -0.0548. The van der Waals surface area contributed by atoms with Gasteiger partial charge in [-0.3, -0.25) is 9.36 Å². The van der Waals surface area contributed by atoms with Crippen molar-refractivity contribution in [3.05, 3.63) is 64.9 Å². The molecule has 1 amide bonds. The van der Waals surface area contributed by atoms with E-state index in [2.05, 4.69) is 11.7 Å². The van der Waals surface area contributed by atoms with Gasteiger partial charge in [-0.1, -0.05) is 36.4 Å². The fraction of sp³-hybridized carbons (Fsp3) is 0.476. The number of rotatable bonds is 7. The zero-order valence-corrected chi connectivity index (χ0v) is 16.0. The van der Waals surface area contributed by atoms with Gasteiger partial charge in [-0.05, 0) is 31.7 Å². The average Bonchev–Trinajstić information content (AvgIpc) is 3.02. The van der Waals surface area contributed by atoms with E-state index in [0.717, 1.165) is 43.7 Å². The van der Waals surface area contributed by atoms with Crippen molar-refractivity contribution < 1.29 is 4.79 Å². The maximum atomic E-state index is 12.7. The average molecular weight is 368 g/mol. The second-order valence-corrected chi connectivity index (χ2v) is 7.01. The quantitative estimate of drug-likeness (QED) is 0.706. The molecular weight excluding hydrogens is 340 g/mol. The van der Waals surface area contributed by atoms with Crippen LogP contribution in [0.25, 0.3) is 0 Å². The van der Waals surface area contributed by atoms with Crippen molar-refractivity contribution in [1.82, 2.24) is 19.2 Å². The lowest BCUT2D eigenvalue weighted by Gasteiger charge is -2.31. The van der Waals surface area contributed by atoms with Crippen LogP contribution in [0.3, 0.4) is 0 Å². The molecule has 1 aromatic heterocycles. The summed E-state index contributed by atoms with van der Waals surface area (Å²) in [4.78, 5) is 26.9. The lowest BCUT2D eigenvalue weighted by molar-refractivity contribution is -0.132. The Labute approximate surface area is 160 Å². The Hall–Kier alpha value is -2.63. The third kappa shape index (κ3) is 4.38. The highest BCUT2D eigenvalue weighted by Crippen LogP contribution is 2.26. The summed E-state index contributed by atoms with van der Waals surface area (Å²) in [5.41, 5.74) is 1.01. The zero-order valence-electron chi connectivity index (χ0n) is 16.0. The Morgan fingerprint density at radius 2 is 1.96 bits per heavy atom. The Morgan fingerprint density at radius 3 is 2.59 bits per heavy atom. The number of carbonyl (C=O) groups is 1. The summed E-state index contributed by atoms with van der Waals surface area (Å²) in [6.45, 7) is 8.20. The van der Waals surface area contributed by atoms with Crippen LogP contribution in [0.1, 0.15) is 49.9 Å². The van der Waals surface area contributed by atoms with Gasteiger partial charge in [0, 0.05) is 32.0 Å². The van der Waals surface area contributed by atoms with Crippen LogP contribution in [0.15, 0.2) is 47.8 Å². The zero-order chi connectivity index (χ0) is 19.2. The molecule has 1 fully saturated rings. The van der Waals surface area contributed by atoms with E-state index < -0.39 is 0 Å². The summed E-state index contributed by atoms with van der Waals surface area (Å²) in [7, 11) is 0. The second-order valence-electron chi connectivity index (χ2n) is 7.01. The molecule has 0 bridgehead atoms. The van der Waals surface area contributed by atoms with Crippen LogP contribution in [0.2, 0.25) is 0 Å². The van der Waals surface area contributed by atoms with Crippen LogP contribution >= 0.6 is 0 Å². The number of benzene rings is 1. The van der Waals surface area contributed by atoms with E-state index in [1.165, 1.54) is 0 Å². The molecule has 3 rings (SSSR count). The van der Waals surface area contributed by atoms with Crippen LogP contribution in [0, 0.1) is 0 Å². The van der Waals surface area contributed by atoms with Gasteiger partial charge in [-0.25, -0.2) is 9.48 Å². The van der Waals surface area contributed by atoms with Crippen molar-refractivity contribution in [2.75, 3.05) is 13.1 Å². The predicted molar refractivity (Wildman–Crippen MR) is 106 cm³/mol. The van der Waals surface area contributed by atoms with Crippen molar-refractivity contribution in [2.45, 2.75) is 51.6 Å². The number of hydrogen-bond acceptors (Lipinski definition) is 3. The SMILES string of the molecule is C=CCCC(=O)N1CCC(c2nn(Cc3ccccc3)c(=O)n2CC)CC1. The maximum Gasteiger partial charge on any atom is 0.346 e. The summed E-state index contributed by atoms with van der Waals surface area (Å²) >= 11 is 0. The highest BCUT2D eigenvalue weighted by atomic mass is 16.2. The number of piperidine rings is 1. The number of nitrogens with zero attached hydrogens (tertiary/aromatic N) is 4. The van der Waals surface area contributed by atoms with Crippen molar-refractivity contribution >= 4 is 5.91 Å².